The molecule has 6 aromatic rings. The number of carbonyl (C=O) groups is 8. The first-order valence-electron chi connectivity index (χ1n) is 33.6. The Morgan fingerprint density at radius 3 is 2.32 bits per heavy atom. The molecule has 4 aliphatic carbocycles. The van der Waals surface area contributed by atoms with Gasteiger partial charge < -0.3 is 74.2 Å². The maximum absolute atomic E-state index is 14.2. The van der Waals surface area contributed by atoms with E-state index >= 15 is 0 Å². The van der Waals surface area contributed by atoms with E-state index in [1.54, 1.807) is 18.3 Å². The first-order chi connectivity index (χ1) is 48.3. The molecule has 2 unspecified atom stereocenters. The largest absolute Gasteiger partial charge is 0.491 e. The second-order valence-corrected chi connectivity index (χ2v) is 28.9. The van der Waals surface area contributed by atoms with Crippen molar-refractivity contribution in [1.82, 2.24) is 34.9 Å². The fourth-order valence-electron chi connectivity index (χ4n) is 16.4. The minimum absolute atomic E-state index is 0.00911. The van der Waals surface area contributed by atoms with Gasteiger partial charge in [0.15, 0.2) is 16.9 Å². The third-order valence-corrected chi connectivity index (χ3v) is 20.7. The average Bonchev–Trinajstić information content (AvgIpc) is 0.840. The number of anilines is 2. The summed E-state index contributed by atoms with van der Waals surface area (Å²) in [4.78, 5) is 115. The van der Waals surface area contributed by atoms with Gasteiger partial charge in [-0.15, -0.1) is 0 Å². The molecule has 0 radical (unpaired) electrons. The van der Waals surface area contributed by atoms with Crippen molar-refractivity contribution in [3.05, 3.63) is 125 Å². The van der Waals surface area contributed by atoms with E-state index in [9.17, 15) is 69.0 Å². The highest BCUT2D eigenvalue weighted by Crippen LogP contribution is 2.72. The topological polar surface area (TPSA) is 391 Å². The quantitative estimate of drug-likeness (QED) is 0.0186. The predicted octanol–water partition coefficient (Wildman–Crippen LogP) is 6.11. The number of rotatable bonds is 30. The summed E-state index contributed by atoms with van der Waals surface area (Å²) in [5, 5.41) is 72.5. The van der Waals surface area contributed by atoms with Crippen LogP contribution >= 0.6 is 11.3 Å². The zero-order valence-corrected chi connectivity index (χ0v) is 56.9. The molecule has 3 aromatic carbocycles. The van der Waals surface area contributed by atoms with Gasteiger partial charge in [0.2, 0.25) is 12.2 Å². The van der Waals surface area contributed by atoms with Gasteiger partial charge in [0, 0.05) is 105 Å². The summed E-state index contributed by atoms with van der Waals surface area (Å²) < 4.78 is 38.7. The lowest BCUT2D eigenvalue weighted by Crippen LogP contribution is -2.64. The molecule has 7 atom stereocenters. The number of benzene rings is 3. The van der Waals surface area contributed by atoms with E-state index in [0.29, 0.717) is 65.7 Å². The Labute approximate surface area is 583 Å². The molecule has 8 N–H and O–H groups in total. The smallest absolute Gasteiger partial charge is 0.410 e. The first-order valence-corrected chi connectivity index (χ1v) is 34.4. The maximum Gasteiger partial charge on any atom is 0.410 e. The lowest BCUT2D eigenvalue weighted by atomic mass is 9.39. The van der Waals surface area contributed by atoms with Gasteiger partial charge in [-0.05, 0) is 128 Å². The van der Waals surface area contributed by atoms with Crippen molar-refractivity contribution in [1.29, 1.82) is 0 Å². The van der Waals surface area contributed by atoms with E-state index in [0.717, 1.165) is 76.2 Å². The highest BCUT2D eigenvalue weighted by atomic mass is 32.1. The number of ether oxygens (including phenoxy) is 6. The van der Waals surface area contributed by atoms with Gasteiger partial charge in [-0.25, -0.2) is 24.4 Å². The standard InChI is InChI=1S/C71H81N9O20S/c1-41-47(45-15-16-52(75-57(45)63(90)91)78-23-19-42-8-6-9-46(48(42)32-78)62(89)76-66-74-49-10-4-5-11-51(49)101-66)31-73-80(41)40-70-35-68(2)34-69(3,36-70)38-71(37-68,39-70)98-27-25-77(22-7-12-56(84)85)67(94)97-33-43-13-14-44(99-65-60(88)58(86)59(87)61(100-65)64(92)93)30-50(43)96-29-28-95-26-21-72-53(81)20-24-79-54(82)17-18-55(79)83/h4-6,8-11,13-18,30-31,58-61,65,86-88H,7,12,19-29,32-40H2,1-3H3,(H,72,81)(H,84,85)(H,90,91)(H,92,93)(H,74,76,89)/t58-,59-,60+,61-,65+,68?,69?,70?,71?/m0/s1. The zero-order chi connectivity index (χ0) is 71.5. The van der Waals surface area contributed by atoms with E-state index in [2.05, 4.69) is 29.5 Å². The number of aliphatic hydroxyl groups excluding tert-OH is 3. The summed E-state index contributed by atoms with van der Waals surface area (Å²) in [5.41, 5.74) is 4.06. The number of aliphatic carboxylic acids is 2. The number of amides is 5. The summed E-state index contributed by atoms with van der Waals surface area (Å²) in [7, 11) is 0. The lowest BCUT2D eigenvalue weighted by molar-refractivity contribution is -0.271. The molecule has 13 rings (SSSR count). The SMILES string of the molecule is Cc1c(-c2ccc(N3CCc4cccc(C(=O)Nc5nc6ccccc6s5)c4C3)nc2C(=O)O)cnn1CC12CC3(C)CC(C)(C1)CC(OCCN(CCCC(=O)O)C(=O)OCc1ccc(O[C@@H]4O[C@H](C(=O)O)[C@@H](O)[C@H](O)[C@H]4O)cc1OCCOCCNC(=O)CCN1C(=O)C=CC1=O)(C3)C2. The van der Waals surface area contributed by atoms with Crippen molar-refractivity contribution < 1.29 is 97.4 Å². The van der Waals surface area contributed by atoms with E-state index < -0.39 is 78.0 Å². The van der Waals surface area contributed by atoms with Crippen LogP contribution in [0.25, 0.3) is 21.3 Å². The molecule has 101 heavy (non-hydrogen) atoms. The molecule has 3 aliphatic heterocycles. The second kappa shape index (κ2) is 29.6. The van der Waals surface area contributed by atoms with Crippen LogP contribution in [0.1, 0.15) is 115 Å². The number of thiazole rings is 1. The number of hydrogen-bond acceptors (Lipinski definition) is 22. The minimum Gasteiger partial charge on any atom is -0.491 e. The molecule has 1 saturated heterocycles. The summed E-state index contributed by atoms with van der Waals surface area (Å²) in [6, 6.07) is 21.1. The fourth-order valence-corrected chi connectivity index (χ4v) is 17.3. The number of aliphatic hydroxyl groups is 3. The van der Waals surface area contributed by atoms with Gasteiger partial charge in [0.25, 0.3) is 17.7 Å². The summed E-state index contributed by atoms with van der Waals surface area (Å²) in [6.45, 7) is 7.62. The summed E-state index contributed by atoms with van der Waals surface area (Å²) >= 11 is 1.40. The number of para-hydroxylation sites is 1. The van der Waals surface area contributed by atoms with Crippen LogP contribution in [0.15, 0.2) is 91.1 Å². The minimum atomic E-state index is -1.97. The Morgan fingerprint density at radius 2 is 1.57 bits per heavy atom. The predicted molar refractivity (Wildman–Crippen MR) is 361 cm³/mol. The average molecular weight is 1410 g/mol. The van der Waals surface area contributed by atoms with E-state index in [1.807, 2.05) is 59.0 Å². The number of carbonyl (C=O) groups excluding carboxylic acids is 5. The molecule has 3 aromatic heterocycles. The third kappa shape index (κ3) is 16.0. The Morgan fingerprint density at radius 1 is 0.802 bits per heavy atom. The number of carboxylic acid groups (broad SMARTS) is 3. The van der Waals surface area contributed by atoms with E-state index in [1.165, 1.54) is 34.4 Å². The number of hydrogen-bond donors (Lipinski definition) is 8. The van der Waals surface area contributed by atoms with E-state index in [-0.39, 0.29) is 118 Å². The number of pyridine rings is 1. The van der Waals surface area contributed by atoms with Crippen LogP contribution in [0.2, 0.25) is 0 Å². The van der Waals surface area contributed by atoms with Crippen LogP contribution in [0, 0.1) is 23.2 Å². The molecule has 6 heterocycles. The molecule has 29 nitrogen and oxygen atoms in total. The van der Waals surface area contributed by atoms with Crippen molar-refractivity contribution in [3.63, 3.8) is 0 Å². The van der Waals surface area contributed by atoms with Crippen LogP contribution in [-0.4, -0.2) is 203 Å². The van der Waals surface area contributed by atoms with Crippen LogP contribution in [0.5, 0.6) is 11.5 Å². The normalized spacial score (nSPS) is 24.9. The molecule has 30 heteroatoms. The van der Waals surface area contributed by atoms with Gasteiger partial charge in [0.1, 0.15) is 48.8 Å². The van der Waals surface area contributed by atoms with Crippen molar-refractivity contribution >= 4 is 80.1 Å². The van der Waals surface area contributed by atoms with Gasteiger partial charge >= 0.3 is 24.0 Å². The third-order valence-electron chi connectivity index (χ3n) is 19.8. The van der Waals surface area contributed by atoms with Gasteiger partial charge in [0.05, 0.1) is 41.8 Å². The summed E-state index contributed by atoms with van der Waals surface area (Å²) in [5.74, 6) is -5.08. The lowest BCUT2D eigenvalue weighted by Gasteiger charge is -2.69. The molecule has 0 spiro atoms. The second-order valence-electron chi connectivity index (χ2n) is 27.8. The number of aromatic carboxylic acids is 1. The van der Waals surface area contributed by atoms with Crippen LogP contribution < -0.4 is 25.0 Å². The Hall–Kier alpha value is -9.43. The number of nitrogens with one attached hydrogen (secondary N) is 2. The van der Waals surface area contributed by atoms with Crippen LogP contribution in [0.4, 0.5) is 15.7 Å². The van der Waals surface area contributed by atoms with Gasteiger partial charge in [-0.3, -0.25) is 38.9 Å². The molecule has 5 amide bonds. The number of fused-ring (bicyclic) bond motifs is 2. The van der Waals surface area contributed by atoms with Gasteiger partial charge in [-0.1, -0.05) is 49.4 Å². The van der Waals surface area contributed by atoms with Crippen molar-refractivity contribution in [2.24, 2.45) is 16.2 Å². The Balaban J connectivity index is 0.695. The van der Waals surface area contributed by atoms with Crippen LogP contribution in [-0.2, 0) is 69.0 Å². The fraction of sp³-hybridized carbons (Fsp3) is 0.479. The number of imide groups is 1. The molecule has 4 saturated carbocycles. The maximum atomic E-state index is 14.2. The number of carboxylic acids is 3. The highest BCUT2D eigenvalue weighted by Gasteiger charge is 2.66. The van der Waals surface area contributed by atoms with Crippen molar-refractivity contribution in [2.75, 3.05) is 69.4 Å². The molecule has 5 fully saturated rings. The number of aromatic nitrogens is 4. The molecule has 4 bridgehead atoms. The van der Waals surface area contributed by atoms with Crippen molar-refractivity contribution in [3.8, 4) is 22.6 Å². The van der Waals surface area contributed by atoms with Crippen molar-refractivity contribution in [2.45, 2.75) is 141 Å². The zero-order valence-electron chi connectivity index (χ0n) is 56.0. The monoisotopic (exact) mass is 1410 g/mol. The Kier molecular flexibility index (Phi) is 21.0. The molecular weight excluding hydrogens is 1330 g/mol. The molecular formula is C71H81N9O20S. The van der Waals surface area contributed by atoms with Crippen LogP contribution in [0.3, 0.4) is 0 Å². The molecule has 7 aliphatic rings. The number of nitrogens with zero attached hydrogens (tertiary/aromatic N) is 7. The van der Waals surface area contributed by atoms with E-state index in [4.69, 9.17) is 38.5 Å². The Bertz CT molecular complexity index is 4150. The van der Waals surface area contributed by atoms with Gasteiger partial charge in [-0.2, -0.15) is 5.10 Å². The molecule has 536 valence electrons. The first kappa shape index (κ1) is 71.4. The highest BCUT2D eigenvalue weighted by molar-refractivity contribution is 7.22. The summed E-state index contributed by atoms with van der Waals surface area (Å²) in [6.07, 6.45) is -0.951.